The fourth-order valence-corrected chi connectivity index (χ4v) is 2.18. The summed E-state index contributed by atoms with van der Waals surface area (Å²) in [5.74, 6) is -0.230. The summed E-state index contributed by atoms with van der Waals surface area (Å²) in [6.45, 7) is 3.82. The zero-order chi connectivity index (χ0) is 15.4. The maximum atomic E-state index is 13.6. The molecular weight excluding hydrogens is 384 g/mol. The van der Waals surface area contributed by atoms with E-state index >= 15 is 0 Å². The molecule has 0 heterocycles. The van der Waals surface area contributed by atoms with E-state index in [1.165, 1.54) is 12.1 Å². The quantitative estimate of drug-likeness (QED) is 0.788. The molecule has 0 spiro atoms. The topological polar surface area (TPSA) is 38.3 Å². The third kappa shape index (κ3) is 4.42. The second kappa shape index (κ2) is 6.89. The first-order valence-electron chi connectivity index (χ1n) is 6.40. The average molecular weight is 399 g/mol. The first kappa shape index (κ1) is 15.8. The number of carbonyl (C=O) groups excluding carboxylic acids is 1. The maximum absolute atomic E-state index is 13.6. The normalized spacial score (nSPS) is 10.3. The Kier molecular flexibility index (Phi) is 5.17. The van der Waals surface area contributed by atoms with Crippen molar-refractivity contribution in [3.63, 3.8) is 0 Å². The van der Waals surface area contributed by atoms with E-state index in [4.69, 9.17) is 4.74 Å². The Hall–Kier alpha value is -1.63. The molecule has 0 atom stereocenters. The van der Waals surface area contributed by atoms with Crippen LogP contribution < -0.4 is 10.1 Å². The van der Waals surface area contributed by atoms with E-state index in [0.717, 1.165) is 14.7 Å². The molecule has 110 valence electrons. The van der Waals surface area contributed by atoms with E-state index in [0.29, 0.717) is 5.75 Å². The highest BCUT2D eigenvalue weighted by atomic mass is 127. The summed E-state index contributed by atoms with van der Waals surface area (Å²) in [5, 5.41) is 2.49. The molecule has 0 saturated carbocycles. The number of aryl methyl sites for hydroxylation is 2. The van der Waals surface area contributed by atoms with Gasteiger partial charge in [0.2, 0.25) is 0 Å². The van der Waals surface area contributed by atoms with Crippen LogP contribution >= 0.6 is 22.6 Å². The van der Waals surface area contributed by atoms with Crippen molar-refractivity contribution in [1.29, 1.82) is 0 Å². The molecule has 0 bridgehead atoms. The lowest BCUT2D eigenvalue weighted by Crippen LogP contribution is -2.20. The third-order valence-electron chi connectivity index (χ3n) is 3.05. The number of halogens is 2. The molecule has 2 aromatic rings. The van der Waals surface area contributed by atoms with Gasteiger partial charge in [0.05, 0.1) is 5.69 Å². The molecule has 5 heteroatoms. The number of nitrogens with one attached hydrogen (secondary N) is 1. The molecule has 0 saturated heterocycles. The summed E-state index contributed by atoms with van der Waals surface area (Å²) < 4.78 is 19.8. The second-order valence-corrected chi connectivity index (χ2v) is 5.95. The molecule has 0 aliphatic carbocycles. The number of rotatable bonds is 4. The van der Waals surface area contributed by atoms with E-state index in [2.05, 4.69) is 5.32 Å². The molecule has 1 N–H and O–H groups in total. The lowest BCUT2D eigenvalue weighted by atomic mass is 10.1. The number of ether oxygens (including phenoxy) is 1. The Morgan fingerprint density at radius 3 is 2.62 bits per heavy atom. The van der Waals surface area contributed by atoms with Crippen molar-refractivity contribution in [2.45, 2.75) is 13.8 Å². The van der Waals surface area contributed by atoms with E-state index < -0.39 is 11.7 Å². The van der Waals surface area contributed by atoms with Gasteiger partial charge in [0.25, 0.3) is 5.91 Å². The molecular formula is C16H15FINO2. The first-order valence-corrected chi connectivity index (χ1v) is 7.48. The van der Waals surface area contributed by atoms with Crippen molar-refractivity contribution < 1.29 is 13.9 Å². The SMILES string of the molecule is Cc1ccc(OCC(=O)Nc2ccc(I)cc2F)cc1C. The summed E-state index contributed by atoms with van der Waals surface area (Å²) in [5.41, 5.74) is 2.41. The standard InChI is InChI=1S/C16H15FINO2/c1-10-3-5-13(7-11(10)2)21-9-16(20)19-15-6-4-12(18)8-14(15)17/h3-8H,9H2,1-2H3,(H,19,20). The minimum absolute atomic E-state index is 0.157. The molecule has 2 aromatic carbocycles. The highest BCUT2D eigenvalue weighted by Gasteiger charge is 2.08. The maximum Gasteiger partial charge on any atom is 0.262 e. The summed E-state index contributed by atoms with van der Waals surface area (Å²) in [4.78, 5) is 11.8. The van der Waals surface area contributed by atoms with Gasteiger partial charge in [-0.15, -0.1) is 0 Å². The molecule has 0 fully saturated rings. The van der Waals surface area contributed by atoms with Gasteiger partial charge < -0.3 is 10.1 Å². The number of anilines is 1. The summed E-state index contributed by atoms with van der Waals surface area (Å²) >= 11 is 2.01. The smallest absolute Gasteiger partial charge is 0.262 e. The number of hydrogen-bond acceptors (Lipinski definition) is 2. The molecule has 0 aromatic heterocycles. The molecule has 0 aliphatic heterocycles. The number of carbonyl (C=O) groups is 1. The predicted octanol–water partition coefficient (Wildman–Crippen LogP) is 4.06. The van der Waals surface area contributed by atoms with Gasteiger partial charge >= 0.3 is 0 Å². The number of hydrogen-bond donors (Lipinski definition) is 1. The van der Waals surface area contributed by atoms with Crippen LogP contribution in [0.25, 0.3) is 0 Å². The van der Waals surface area contributed by atoms with Crippen molar-refractivity contribution in [2.75, 3.05) is 11.9 Å². The zero-order valence-corrected chi connectivity index (χ0v) is 13.9. The van der Waals surface area contributed by atoms with Crippen LogP contribution in [0, 0.1) is 23.2 Å². The lowest BCUT2D eigenvalue weighted by molar-refractivity contribution is -0.118. The van der Waals surface area contributed by atoms with Gasteiger partial charge in [-0.1, -0.05) is 6.07 Å². The van der Waals surface area contributed by atoms with Crippen LogP contribution in [-0.4, -0.2) is 12.5 Å². The monoisotopic (exact) mass is 399 g/mol. The van der Waals surface area contributed by atoms with E-state index in [1.54, 1.807) is 12.1 Å². The largest absolute Gasteiger partial charge is 0.484 e. The van der Waals surface area contributed by atoms with Crippen LogP contribution in [0.15, 0.2) is 36.4 Å². The highest BCUT2D eigenvalue weighted by molar-refractivity contribution is 14.1. The van der Waals surface area contributed by atoms with Crippen LogP contribution in [0.5, 0.6) is 5.75 Å². The summed E-state index contributed by atoms with van der Waals surface area (Å²) in [6, 6.07) is 10.2. The Morgan fingerprint density at radius 2 is 1.95 bits per heavy atom. The first-order chi connectivity index (χ1) is 9.95. The average Bonchev–Trinajstić information content (AvgIpc) is 2.43. The van der Waals surface area contributed by atoms with E-state index in [1.807, 2.05) is 48.6 Å². The van der Waals surface area contributed by atoms with Crippen molar-refractivity contribution in [3.05, 3.63) is 56.9 Å². The van der Waals surface area contributed by atoms with Gasteiger partial charge in [0.1, 0.15) is 11.6 Å². The van der Waals surface area contributed by atoms with E-state index in [9.17, 15) is 9.18 Å². The van der Waals surface area contributed by atoms with Gasteiger partial charge in [-0.2, -0.15) is 0 Å². The van der Waals surface area contributed by atoms with Crippen LogP contribution in [0.4, 0.5) is 10.1 Å². The van der Waals surface area contributed by atoms with Gasteiger partial charge in [-0.3, -0.25) is 4.79 Å². The minimum Gasteiger partial charge on any atom is -0.484 e. The Balaban J connectivity index is 1.94. The molecule has 1 amide bonds. The minimum atomic E-state index is -0.457. The van der Waals surface area contributed by atoms with Gasteiger partial charge in [-0.05, 0) is 77.9 Å². The van der Waals surface area contributed by atoms with Crippen molar-refractivity contribution in [3.8, 4) is 5.75 Å². The van der Waals surface area contributed by atoms with Crippen molar-refractivity contribution >= 4 is 34.2 Å². The molecule has 21 heavy (non-hydrogen) atoms. The van der Waals surface area contributed by atoms with Crippen molar-refractivity contribution in [1.82, 2.24) is 0 Å². The molecule has 0 aliphatic rings. The van der Waals surface area contributed by atoms with Crippen LogP contribution in [0.3, 0.4) is 0 Å². The molecule has 0 radical (unpaired) electrons. The van der Waals surface area contributed by atoms with Crippen LogP contribution in [-0.2, 0) is 4.79 Å². The highest BCUT2D eigenvalue weighted by Crippen LogP contribution is 2.18. The van der Waals surface area contributed by atoms with E-state index in [-0.39, 0.29) is 12.3 Å². The Labute approximate surface area is 136 Å². The van der Waals surface area contributed by atoms with Gasteiger partial charge in [0, 0.05) is 3.57 Å². The Morgan fingerprint density at radius 1 is 1.19 bits per heavy atom. The number of amides is 1. The predicted molar refractivity (Wildman–Crippen MR) is 89.2 cm³/mol. The van der Waals surface area contributed by atoms with Crippen LogP contribution in [0.1, 0.15) is 11.1 Å². The van der Waals surface area contributed by atoms with Crippen molar-refractivity contribution in [2.24, 2.45) is 0 Å². The summed E-state index contributed by atoms with van der Waals surface area (Å²) in [7, 11) is 0. The third-order valence-corrected chi connectivity index (χ3v) is 3.72. The lowest BCUT2D eigenvalue weighted by Gasteiger charge is -2.09. The fraction of sp³-hybridized carbons (Fsp3) is 0.188. The van der Waals surface area contributed by atoms with Gasteiger partial charge in [-0.25, -0.2) is 4.39 Å². The molecule has 2 rings (SSSR count). The summed E-state index contributed by atoms with van der Waals surface area (Å²) in [6.07, 6.45) is 0. The Bertz CT molecular complexity index is 673. The fourth-order valence-electron chi connectivity index (χ4n) is 1.73. The van der Waals surface area contributed by atoms with Crippen LogP contribution in [0.2, 0.25) is 0 Å². The number of benzene rings is 2. The second-order valence-electron chi connectivity index (χ2n) is 4.71. The molecule has 3 nitrogen and oxygen atoms in total. The van der Waals surface area contributed by atoms with Gasteiger partial charge in [0.15, 0.2) is 6.61 Å². The zero-order valence-electron chi connectivity index (χ0n) is 11.7. The molecule has 0 unspecified atom stereocenters.